The average molecular weight is 439 g/mol. The van der Waals surface area contributed by atoms with Crippen molar-refractivity contribution in [3.05, 3.63) is 64.7 Å². The van der Waals surface area contributed by atoms with E-state index >= 15 is 0 Å². The van der Waals surface area contributed by atoms with Gasteiger partial charge in [0.1, 0.15) is 5.75 Å². The lowest BCUT2D eigenvalue weighted by atomic mass is 9.92. The molecule has 0 aromatic heterocycles. The number of carbonyl (C=O) groups excluding carboxylic acids is 2. The van der Waals surface area contributed by atoms with Gasteiger partial charge in [0.25, 0.3) is 0 Å². The number of ketones is 1. The van der Waals surface area contributed by atoms with Crippen LogP contribution in [0, 0.1) is 5.92 Å². The molecule has 0 radical (unpaired) electrons. The molecule has 0 bridgehead atoms. The molecule has 0 aliphatic carbocycles. The lowest BCUT2D eigenvalue weighted by Crippen LogP contribution is -2.13. The number of benzene rings is 2. The zero-order valence-electron chi connectivity index (χ0n) is 19.9. The molecule has 0 spiro atoms. The lowest BCUT2D eigenvalue weighted by molar-refractivity contribution is 0.0495. The summed E-state index contributed by atoms with van der Waals surface area (Å²) < 4.78 is 5.38. The summed E-state index contributed by atoms with van der Waals surface area (Å²) in [6, 6.07) is 11.9. The van der Waals surface area contributed by atoms with Crippen LogP contribution in [0.5, 0.6) is 5.75 Å². The first-order chi connectivity index (χ1) is 15.5. The fraction of sp³-hybridized carbons (Fsp3) is 0.500. The number of aryl methyl sites for hydroxylation is 1. The van der Waals surface area contributed by atoms with Gasteiger partial charge in [0.05, 0.1) is 17.7 Å². The number of aromatic hydroxyl groups is 1. The molecule has 0 heterocycles. The summed E-state index contributed by atoms with van der Waals surface area (Å²) in [4.78, 5) is 25.7. The standard InChI is InChI=1S/C28H38O4/c1-4-7-8-11-19-32-28(31)24-14-10-9-13-23(24)27(30)25-18-17-22(20-26(25)29)16-15-21(6-3)12-5-2/h9-10,13-14,17-18,20-21,29H,4-8,11-12,15-16,19H2,1-3H3. The number of unbranched alkanes of at least 4 members (excludes halogenated alkanes) is 3. The molecule has 0 aliphatic rings. The second-order valence-corrected chi connectivity index (χ2v) is 8.52. The fourth-order valence-electron chi connectivity index (χ4n) is 4.03. The molecule has 2 rings (SSSR count). The Kier molecular flexibility index (Phi) is 11.0. The van der Waals surface area contributed by atoms with Crippen LogP contribution in [0.1, 0.15) is 104 Å². The van der Waals surface area contributed by atoms with Crippen LogP contribution in [-0.2, 0) is 11.2 Å². The highest BCUT2D eigenvalue weighted by Crippen LogP contribution is 2.26. The first-order valence-electron chi connectivity index (χ1n) is 12.1. The molecule has 1 N–H and O–H groups in total. The molecule has 1 atom stereocenters. The van der Waals surface area contributed by atoms with Crippen LogP contribution in [0.15, 0.2) is 42.5 Å². The largest absolute Gasteiger partial charge is 0.507 e. The third-order valence-corrected chi connectivity index (χ3v) is 6.04. The molecular weight excluding hydrogens is 400 g/mol. The number of hydrogen-bond donors (Lipinski definition) is 1. The zero-order valence-corrected chi connectivity index (χ0v) is 19.9. The molecule has 32 heavy (non-hydrogen) atoms. The third kappa shape index (κ3) is 7.51. The van der Waals surface area contributed by atoms with Crippen molar-refractivity contribution in [3.8, 4) is 5.75 Å². The number of ether oxygens (including phenoxy) is 1. The van der Waals surface area contributed by atoms with E-state index in [0.29, 0.717) is 12.5 Å². The Balaban J connectivity index is 2.10. The summed E-state index contributed by atoms with van der Waals surface area (Å²) in [5.41, 5.74) is 1.72. The van der Waals surface area contributed by atoms with Gasteiger partial charge in [0.15, 0.2) is 5.78 Å². The monoisotopic (exact) mass is 438 g/mol. The second-order valence-electron chi connectivity index (χ2n) is 8.52. The Morgan fingerprint density at radius 2 is 1.62 bits per heavy atom. The number of rotatable bonds is 14. The number of esters is 1. The van der Waals surface area contributed by atoms with Crippen molar-refractivity contribution >= 4 is 11.8 Å². The highest BCUT2D eigenvalue weighted by Gasteiger charge is 2.21. The van der Waals surface area contributed by atoms with Crippen molar-refractivity contribution in [2.24, 2.45) is 5.92 Å². The summed E-state index contributed by atoms with van der Waals surface area (Å²) in [6.45, 7) is 6.89. The van der Waals surface area contributed by atoms with Crippen LogP contribution in [-0.4, -0.2) is 23.5 Å². The Hall–Kier alpha value is -2.62. The van der Waals surface area contributed by atoms with Gasteiger partial charge in [-0.05, 0) is 48.9 Å². The smallest absolute Gasteiger partial charge is 0.338 e. The first-order valence-corrected chi connectivity index (χ1v) is 12.1. The molecule has 0 saturated carbocycles. The molecule has 174 valence electrons. The summed E-state index contributed by atoms with van der Waals surface area (Å²) in [6.07, 6.45) is 9.55. The van der Waals surface area contributed by atoms with Crippen LogP contribution in [0.2, 0.25) is 0 Å². The average Bonchev–Trinajstić information content (AvgIpc) is 2.81. The van der Waals surface area contributed by atoms with Crippen molar-refractivity contribution < 1.29 is 19.4 Å². The first kappa shape index (κ1) is 25.6. The molecule has 2 aromatic carbocycles. The number of phenols is 1. The fourth-order valence-corrected chi connectivity index (χ4v) is 4.03. The molecular formula is C28H38O4. The Morgan fingerprint density at radius 3 is 2.28 bits per heavy atom. The van der Waals surface area contributed by atoms with Gasteiger partial charge in [-0.1, -0.05) is 83.6 Å². The molecule has 2 aromatic rings. The van der Waals surface area contributed by atoms with E-state index in [1.165, 1.54) is 12.8 Å². The maximum Gasteiger partial charge on any atom is 0.338 e. The predicted molar refractivity (Wildman–Crippen MR) is 129 cm³/mol. The minimum absolute atomic E-state index is 0.0428. The van der Waals surface area contributed by atoms with E-state index in [-0.39, 0.29) is 28.2 Å². The van der Waals surface area contributed by atoms with Crippen LogP contribution in [0.4, 0.5) is 0 Å². The highest BCUT2D eigenvalue weighted by atomic mass is 16.5. The van der Waals surface area contributed by atoms with Gasteiger partial charge in [-0.2, -0.15) is 0 Å². The minimum Gasteiger partial charge on any atom is -0.507 e. The maximum absolute atomic E-state index is 13.1. The molecule has 4 heteroatoms. The topological polar surface area (TPSA) is 63.6 Å². The number of phenolic OH excluding ortho intramolecular Hbond substituents is 1. The summed E-state index contributed by atoms with van der Waals surface area (Å²) >= 11 is 0. The zero-order chi connectivity index (χ0) is 23.3. The van der Waals surface area contributed by atoms with E-state index in [1.54, 1.807) is 36.4 Å². The van der Waals surface area contributed by atoms with E-state index in [0.717, 1.165) is 50.5 Å². The minimum atomic E-state index is -0.497. The Labute approximate surface area is 193 Å². The van der Waals surface area contributed by atoms with Gasteiger partial charge < -0.3 is 9.84 Å². The molecule has 0 aliphatic heterocycles. The quantitative estimate of drug-likeness (QED) is 0.194. The van der Waals surface area contributed by atoms with Gasteiger partial charge in [-0.3, -0.25) is 4.79 Å². The van der Waals surface area contributed by atoms with E-state index in [1.807, 2.05) is 6.07 Å². The van der Waals surface area contributed by atoms with Crippen molar-refractivity contribution in [1.82, 2.24) is 0 Å². The Bertz CT molecular complexity index is 871. The normalized spacial score (nSPS) is 11.8. The summed E-state index contributed by atoms with van der Waals surface area (Å²) in [5, 5.41) is 10.6. The maximum atomic E-state index is 13.1. The highest BCUT2D eigenvalue weighted by molar-refractivity contribution is 6.15. The van der Waals surface area contributed by atoms with E-state index in [9.17, 15) is 14.7 Å². The summed E-state index contributed by atoms with van der Waals surface area (Å²) in [7, 11) is 0. The van der Waals surface area contributed by atoms with Gasteiger partial charge in [0, 0.05) is 5.56 Å². The third-order valence-electron chi connectivity index (χ3n) is 6.04. The van der Waals surface area contributed by atoms with Crippen LogP contribution in [0.25, 0.3) is 0 Å². The molecule has 0 saturated heterocycles. The number of hydrogen-bond acceptors (Lipinski definition) is 4. The van der Waals surface area contributed by atoms with Crippen molar-refractivity contribution in [2.75, 3.05) is 6.61 Å². The molecule has 0 fully saturated rings. The second kappa shape index (κ2) is 13.7. The van der Waals surface area contributed by atoms with Crippen LogP contribution < -0.4 is 0 Å². The molecule has 0 amide bonds. The van der Waals surface area contributed by atoms with Gasteiger partial charge in [-0.15, -0.1) is 0 Å². The SMILES string of the molecule is CCCCCCOC(=O)c1ccccc1C(=O)c1ccc(CCC(CC)CCC)cc1O. The van der Waals surface area contributed by atoms with Gasteiger partial charge in [0.2, 0.25) is 0 Å². The summed E-state index contributed by atoms with van der Waals surface area (Å²) in [5.74, 6) is -0.227. The van der Waals surface area contributed by atoms with Crippen molar-refractivity contribution in [1.29, 1.82) is 0 Å². The van der Waals surface area contributed by atoms with Crippen molar-refractivity contribution in [2.45, 2.75) is 78.6 Å². The van der Waals surface area contributed by atoms with E-state index < -0.39 is 5.97 Å². The van der Waals surface area contributed by atoms with Crippen LogP contribution in [0.3, 0.4) is 0 Å². The Morgan fingerprint density at radius 1 is 0.875 bits per heavy atom. The van der Waals surface area contributed by atoms with E-state index in [4.69, 9.17) is 4.74 Å². The molecule has 1 unspecified atom stereocenters. The van der Waals surface area contributed by atoms with Crippen LogP contribution >= 0.6 is 0 Å². The van der Waals surface area contributed by atoms with Crippen molar-refractivity contribution in [3.63, 3.8) is 0 Å². The van der Waals surface area contributed by atoms with E-state index in [2.05, 4.69) is 20.8 Å². The number of carbonyl (C=O) groups is 2. The van der Waals surface area contributed by atoms with Gasteiger partial charge in [-0.25, -0.2) is 4.79 Å². The molecule has 4 nitrogen and oxygen atoms in total. The van der Waals surface area contributed by atoms with Gasteiger partial charge >= 0.3 is 5.97 Å². The predicted octanol–water partition coefficient (Wildman–Crippen LogP) is 7.12. The lowest BCUT2D eigenvalue weighted by Gasteiger charge is -2.14.